The van der Waals surface area contributed by atoms with E-state index in [0.29, 0.717) is 12.2 Å². The van der Waals surface area contributed by atoms with Crippen molar-refractivity contribution in [2.75, 3.05) is 11.9 Å². The van der Waals surface area contributed by atoms with Crippen LogP contribution >= 0.6 is 27.5 Å². The van der Waals surface area contributed by atoms with Gasteiger partial charge >= 0.3 is 0 Å². The number of halogens is 2. The van der Waals surface area contributed by atoms with Gasteiger partial charge < -0.3 is 10.6 Å². The predicted octanol–water partition coefficient (Wildman–Crippen LogP) is 1.57. The van der Waals surface area contributed by atoms with Crippen LogP contribution in [-0.2, 0) is 9.59 Å². The number of nitrogens with one attached hydrogen (secondary N) is 2. The topological polar surface area (TPSA) is 71.1 Å². The second kappa shape index (κ2) is 5.01. The van der Waals surface area contributed by atoms with Crippen molar-refractivity contribution < 1.29 is 9.59 Å². The summed E-state index contributed by atoms with van der Waals surface area (Å²) in [6, 6.07) is 1.66. The molecule has 17 heavy (non-hydrogen) atoms. The summed E-state index contributed by atoms with van der Waals surface area (Å²) in [5, 5.41) is 5.48. The van der Waals surface area contributed by atoms with Gasteiger partial charge in [-0.1, -0.05) is 11.6 Å². The van der Waals surface area contributed by atoms with Crippen molar-refractivity contribution in [3.8, 4) is 0 Å². The number of aromatic nitrogens is 1. The van der Waals surface area contributed by atoms with Crippen molar-refractivity contribution in [3.63, 3.8) is 0 Å². The van der Waals surface area contributed by atoms with E-state index in [-0.39, 0.29) is 29.3 Å². The molecule has 0 aliphatic carbocycles. The Morgan fingerprint density at radius 2 is 2.41 bits per heavy atom. The maximum atomic E-state index is 11.8. The summed E-state index contributed by atoms with van der Waals surface area (Å²) in [6.45, 7) is 0.365. The molecule has 0 spiro atoms. The molecular weight excluding hydrogens is 309 g/mol. The van der Waals surface area contributed by atoms with Gasteiger partial charge in [0.1, 0.15) is 0 Å². The van der Waals surface area contributed by atoms with Crippen molar-refractivity contribution in [3.05, 3.63) is 21.9 Å². The third-order valence-electron chi connectivity index (χ3n) is 2.41. The van der Waals surface area contributed by atoms with Crippen LogP contribution in [0, 0.1) is 5.92 Å². The summed E-state index contributed by atoms with van der Waals surface area (Å²) in [7, 11) is 0. The lowest BCUT2D eigenvalue weighted by atomic mass is 10.1. The minimum atomic E-state index is -0.349. The van der Waals surface area contributed by atoms with Crippen LogP contribution in [0.3, 0.4) is 0 Å². The van der Waals surface area contributed by atoms with Gasteiger partial charge in [0.2, 0.25) is 11.8 Å². The lowest BCUT2D eigenvalue weighted by Gasteiger charge is -2.10. The second-order valence-electron chi connectivity index (χ2n) is 3.69. The molecule has 2 amide bonds. The van der Waals surface area contributed by atoms with Gasteiger partial charge in [-0.15, -0.1) is 0 Å². The average Bonchev–Trinajstić information content (AvgIpc) is 2.70. The summed E-state index contributed by atoms with van der Waals surface area (Å²) >= 11 is 9.09. The lowest BCUT2D eigenvalue weighted by Crippen LogP contribution is -2.24. The fraction of sp³-hybridized carbons (Fsp3) is 0.300. The van der Waals surface area contributed by atoms with Gasteiger partial charge in [0.05, 0.1) is 11.6 Å². The van der Waals surface area contributed by atoms with E-state index in [1.165, 1.54) is 0 Å². The smallest absolute Gasteiger partial charge is 0.229 e. The molecule has 7 heteroatoms. The summed E-state index contributed by atoms with van der Waals surface area (Å²) in [5.74, 6) is -0.689. The van der Waals surface area contributed by atoms with E-state index in [0.717, 1.165) is 4.47 Å². The van der Waals surface area contributed by atoms with Crippen molar-refractivity contribution in [2.45, 2.75) is 6.42 Å². The lowest BCUT2D eigenvalue weighted by molar-refractivity contribution is -0.123. The Morgan fingerprint density at radius 3 is 3.06 bits per heavy atom. The molecule has 1 aliphatic heterocycles. The van der Waals surface area contributed by atoms with E-state index in [2.05, 4.69) is 31.5 Å². The number of carbonyl (C=O) groups excluding carboxylic acids is 2. The maximum Gasteiger partial charge on any atom is 0.229 e. The van der Waals surface area contributed by atoms with E-state index in [1.807, 2.05) is 0 Å². The quantitative estimate of drug-likeness (QED) is 0.813. The Bertz CT molecular complexity index is 481. The van der Waals surface area contributed by atoms with Crippen LogP contribution in [-0.4, -0.2) is 23.3 Å². The SMILES string of the molecule is O=C1CC(C(=O)Nc2cc(Br)cnc2Cl)CN1. The second-order valence-corrected chi connectivity index (χ2v) is 4.96. The van der Waals surface area contributed by atoms with Gasteiger partial charge in [0, 0.05) is 23.6 Å². The van der Waals surface area contributed by atoms with Gasteiger partial charge in [-0.25, -0.2) is 4.98 Å². The van der Waals surface area contributed by atoms with Crippen molar-refractivity contribution in [1.82, 2.24) is 10.3 Å². The van der Waals surface area contributed by atoms with Crippen molar-refractivity contribution >= 4 is 45.0 Å². The zero-order valence-electron chi connectivity index (χ0n) is 8.67. The molecule has 1 atom stereocenters. The van der Waals surface area contributed by atoms with E-state index in [1.54, 1.807) is 12.3 Å². The summed E-state index contributed by atoms with van der Waals surface area (Å²) in [5.41, 5.74) is 0.436. The Balaban J connectivity index is 2.07. The average molecular weight is 319 g/mol. The van der Waals surface area contributed by atoms with Crippen LogP contribution in [0.1, 0.15) is 6.42 Å². The molecule has 0 aromatic carbocycles. The van der Waals surface area contributed by atoms with Gasteiger partial charge in [-0.05, 0) is 22.0 Å². The molecule has 1 fully saturated rings. The van der Waals surface area contributed by atoms with E-state index in [9.17, 15) is 9.59 Å². The molecule has 1 aliphatic rings. The highest BCUT2D eigenvalue weighted by Crippen LogP contribution is 2.24. The monoisotopic (exact) mass is 317 g/mol. The summed E-state index contributed by atoms with van der Waals surface area (Å²) in [4.78, 5) is 26.7. The fourth-order valence-electron chi connectivity index (χ4n) is 1.54. The number of rotatable bonds is 2. The molecule has 2 N–H and O–H groups in total. The van der Waals surface area contributed by atoms with Crippen LogP contribution in [0.4, 0.5) is 5.69 Å². The van der Waals surface area contributed by atoms with Crippen LogP contribution < -0.4 is 10.6 Å². The zero-order chi connectivity index (χ0) is 12.4. The van der Waals surface area contributed by atoms with Crippen molar-refractivity contribution in [2.24, 2.45) is 5.92 Å². The van der Waals surface area contributed by atoms with Gasteiger partial charge in [0.15, 0.2) is 5.15 Å². The number of nitrogens with zero attached hydrogens (tertiary/aromatic N) is 1. The van der Waals surface area contributed by atoms with Crippen LogP contribution in [0.25, 0.3) is 0 Å². The first kappa shape index (κ1) is 12.3. The molecule has 2 heterocycles. The Labute approximate surface area is 111 Å². The zero-order valence-corrected chi connectivity index (χ0v) is 11.0. The maximum absolute atomic E-state index is 11.8. The van der Waals surface area contributed by atoms with Gasteiger partial charge in [-0.2, -0.15) is 0 Å². The highest BCUT2D eigenvalue weighted by Gasteiger charge is 2.28. The highest BCUT2D eigenvalue weighted by molar-refractivity contribution is 9.10. The fourth-order valence-corrected chi connectivity index (χ4v) is 2.02. The molecule has 0 radical (unpaired) electrons. The number of carbonyl (C=O) groups is 2. The molecule has 90 valence electrons. The predicted molar refractivity (Wildman–Crippen MR) is 66.7 cm³/mol. The number of hydrogen-bond donors (Lipinski definition) is 2. The van der Waals surface area contributed by atoms with Gasteiger partial charge in [0.25, 0.3) is 0 Å². The molecule has 1 saturated heterocycles. The normalized spacial score (nSPS) is 18.9. The standard InChI is InChI=1S/C10H9BrClN3O2/c11-6-2-7(9(12)14-4-6)15-10(17)5-1-8(16)13-3-5/h2,4-5H,1,3H2,(H,13,16)(H,15,17). The molecule has 1 unspecified atom stereocenters. The number of pyridine rings is 1. The highest BCUT2D eigenvalue weighted by atomic mass is 79.9. The molecule has 5 nitrogen and oxygen atoms in total. The minimum absolute atomic E-state index is 0.108. The molecule has 0 saturated carbocycles. The first-order valence-corrected chi connectivity index (χ1v) is 6.12. The molecule has 1 aromatic rings. The van der Waals surface area contributed by atoms with Crippen LogP contribution in [0.5, 0.6) is 0 Å². The molecule has 1 aromatic heterocycles. The molecule has 0 bridgehead atoms. The molecule has 2 rings (SSSR count). The summed E-state index contributed by atoms with van der Waals surface area (Å²) < 4.78 is 0.720. The minimum Gasteiger partial charge on any atom is -0.355 e. The summed E-state index contributed by atoms with van der Waals surface area (Å²) in [6.07, 6.45) is 1.75. The Kier molecular flexibility index (Phi) is 3.63. The van der Waals surface area contributed by atoms with Gasteiger partial charge in [-0.3, -0.25) is 9.59 Å². The Hall–Kier alpha value is -1.14. The number of amides is 2. The van der Waals surface area contributed by atoms with Crippen LogP contribution in [0.2, 0.25) is 5.15 Å². The first-order valence-electron chi connectivity index (χ1n) is 4.95. The third kappa shape index (κ3) is 2.95. The third-order valence-corrected chi connectivity index (χ3v) is 3.15. The van der Waals surface area contributed by atoms with E-state index >= 15 is 0 Å². The Morgan fingerprint density at radius 1 is 1.65 bits per heavy atom. The number of hydrogen-bond acceptors (Lipinski definition) is 3. The largest absolute Gasteiger partial charge is 0.355 e. The number of anilines is 1. The van der Waals surface area contributed by atoms with Crippen molar-refractivity contribution in [1.29, 1.82) is 0 Å². The van der Waals surface area contributed by atoms with E-state index < -0.39 is 0 Å². The molecular formula is C10H9BrClN3O2. The first-order chi connectivity index (χ1) is 8.06. The van der Waals surface area contributed by atoms with Crippen LogP contribution in [0.15, 0.2) is 16.7 Å². The van der Waals surface area contributed by atoms with E-state index in [4.69, 9.17) is 11.6 Å².